The molecule has 0 unspecified atom stereocenters. The van der Waals surface area contributed by atoms with Crippen molar-refractivity contribution in [3.05, 3.63) is 59.9 Å². The van der Waals surface area contributed by atoms with Gasteiger partial charge in [-0.05, 0) is 38.5 Å². The van der Waals surface area contributed by atoms with Crippen LogP contribution in [0.2, 0.25) is 0 Å². The minimum absolute atomic E-state index is 0.00126. The number of amides is 1. The van der Waals surface area contributed by atoms with E-state index in [-0.39, 0.29) is 11.4 Å². The number of aryl methyl sites for hydroxylation is 3. The average molecular weight is 446 g/mol. The van der Waals surface area contributed by atoms with E-state index in [4.69, 9.17) is 4.98 Å². The summed E-state index contributed by atoms with van der Waals surface area (Å²) >= 11 is 0. The second-order valence-electron chi connectivity index (χ2n) is 9.08. The van der Waals surface area contributed by atoms with Crippen LogP contribution in [0.4, 0.5) is 11.8 Å². The zero-order valence-electron chi connectivity index (χ0n) is 19.4. The van der Waals surface area contributed by atoms with Crippen LogP contribution in [0.1, 0.15) is 35.6 Å². The fraction of sp³-hybridized carbons (Fsp3) is 0.348. The molecule has 10 nitrogen and oxygen atoms in total. The number of carbonyl (C=O) groups is 1. The van der Waals surface area contributed by atoms with Gasteiger partial charge in [-0.15, -0.1) is 0 Å². The van der Waals surface area contributed by atoms with Gasteiger partial charge in [0.2, 0.25) is 5.95 Å². The van der Waals surface area contributed by atoms with Crippen molar-refractivity contribution in [2.24, 2.45) is 14.1 Å². The quantitative estimate of drug-likeness (QED) is 0.507. The number of hydrogen-bond donors (Lipinski definition) is 1. The van der Waals surface area contributed by atoms with Crippen LogP contribution in [0.5, 0.6) is 0 Å². The number of fused-ring (bicyclic) bond motifs is 1. The molecule has 0 spiro atoms. The molecule has 0 saturated heterocycles. The third-order valence-electron chi connectivity index (χ3n) is 6.20. The van der Waals surface area contributed by atoms with Crippen LogP contribution in [-0.4, -0.2) is 50.4 Å². The maximum Gasteiger partial charge on any atom is 0.271 e. The third-order valence-corrected chi connectivity index (χ3v) is 6.20. The Morgan fingerprint density at radius 2 is 1.88 bits per heavy atom. The Bertz CT molecular complexity index is 1340. The predicted octanol–water partition coefficient (Wildman–Crippen LogP) is 2.90. The Hall–Kier alpha value is -3.95. The fourth-order valence-electron chi connectivity index (χ4n) is 4.28. The van der Waals surface area contributed by atoms with Gasteiger partial charge in [0.15, 0.2) is 0 Å². The number of anilines is 2. The predicted molar refractivity (Wildman–Crippen MR) is 124 cm³/mol. The Balaban J connectivity index is 1.48. The van der Waals surface area contributed by atoms with Crippen molar-refractivity contribution in [2.45, 2.75) is 39.4 Å². The van der Waals surface area contributed by atoms with Gasteiger partial charge < -0.3 is 14.8 Å². The number of carbonyl (C=O) groups excluding carboxylic acids is 1. The Labute approximate surface area is 191 Å². The van der Waals surface area contributed by atoms with Crippen molar-refractivity contribution in [1.82, 2.24) is 39.0 Å². The molecule has 5 rings (SSSR count). The van der Waals surface area contributed by atoms with E-state index in [1.54, 1.807) is 23.3 Å². The summed E-state index contributed by atoms with van der Waals surface area (Å²) in [5, 5.41) is 11.6. The SMILES string of the molecule is Cc1cnc(Nc2ccnn2C)nc1-c1cc2n(c1)CC(C)(C)N(Cc1ccnn1C)C2=O. The fourth-order valence-corrected chi connectivity index (χ4v) is 4.28. The molecule has 1 aliphatic heterocycles. The summed E-state index contributed by atoms with van der Waals surface area (Å²) in [6, 6.07) is 5.73. The molecule has 0 fully saturated rings. The van der Waals surface area contributed by atoms with Crippen molar-refractivity contribution in [3.63, 3.8) is 0 Å². The molecule has 0 saturated carbocycles. The van der Waals surface area contributed by atoms with Crippen LogP contribution in [0, 0.1) is 6.92 Å². The van der Waals surface area contributed by atoms with Crippen molar-refractivity contribution in [3.8, 4) is 11.3 Å². The van der Waals surface area contributed by atoms with E-state index < -0.39 is 0 Å². The number of aromatic nitrogens is 7. The van der Waals surface area contributed by atoms with E-state index >= 15 is 0 Å². The highest BCUT2D eigenvalue weighted by Crippen LogP contribution is 2.33. The minimum atomic E-state index is -0.350. The first-order valence-corrected chi connectivity index (χ1v) is 10.8. The lowest BCUT2D eigenvalue weighted by molar-refractivity contribution is 0.0379. The third kappa shape index (κ3) is 3.67. The van der Waals surface area contributed by atoms with Crippen LogP contribution in [0.3, 0.4) is 0 Å². The van der Waals surface area contributed by atoms with Crippen LogP contribution < -0.4 is 5.32 Å². The van der Waals surface area contributed by atoms with E-state index in [1.165, 1.54) is 0 Å². The largest absolute Gasteiger partial charge is 0.340 e. The Morgan fingerprint density at radius 3 is 2.58 bits per heavy atom. The Kier molecular flexibility index (Phi) is 4.80. The Morgan fingerprint density at radius 1 is 1.12 bits per heavy atom. The number of nitrogens with zero attached hydrogens (tertiary/aromatic N) is 8. The van der Waals surface area contributed by atoms with Gasteiger partial charge in [-0.25, -0.2) is 9.97 Å². The van der Waals surface area contributed by atoms with Gasteiger partial charge in [-0.3, -0.25) is 14.2 Å². The van der Waals surface area contributed by atoms with Gasteiger partial charge in [0.05, 0.1) is 29.7 Å². The number of rotatable bonds is 5. The lowest BCUT2D eigenvalue weighted by Gasteiger charge is -2.42. The molecule has 0 aliphatic carbocycles. The first-order valence-electron chi connectivity index (χ1n) is 10.8. The van der Waals surface area contributed by atoms with Gasteiger partial charge in [-0.1, -0.05) is 0 Å². The van der Waals surface area contributed by atoms with Gasteiger partial charge in [0.1, 0.15) is 11.5 Å². The molecule has 1 N–H and O–H groups in total. The molecular formula is C23H27N9O. The van der Waals surface area contributed by atoms with Crippen LogP contribution >= 0.6 is 0 Å². The summed E-state index contributed by atoms with van der Waals surface area (Å²) in [6.07, 6.45) is 7.27. The van der Waals surface area contributed by atoms with Gasteiger partial charge in [0.25, 0.3) is 5.91 Å². The summed E-state index contributed by atoms with van der Waals surface area (Å²) in [7, 11) is 3.75. The lowest BCUT2D eigenvalue weighted by Crippen LogP contribution is -2.54. The van der Waals surface area contributed by atoms with Crippen molar-refractivity contribution >= 4 is 17.7 Å². The van der Waals surface area contributed by atoms with Gasteiger partial charge >= 0.3 is 0 Å². The van der Waals surface area contributed by atoms with E-state index in [1.807, 2.05) is 59.6 Å². The van der Waals surface area contributed by atoms with E-state index in [0.29, 0.717) is 24.7 Å². The number of hydrogen-bond acceptors (Lipinski definition) is 6. The molecule has 1 amide bonds. The summed E-state index contributed by atoms with van der Waals surface area (Å²) in [4.78, 5) is 24.6. The number of nitrogens with one attached hydrogen (secondary N) is 1. The van der Waals surface area contributed by atoms with Crippen molar-refractivity contribution in [1.29, 1.82) is 0 Å². The highest BCUT2D eigenvalue weighted by atomic mass is 16.2. The smallest absolute Gasteiger partial charge is 0.271 e. The highest BCUT2D eigenvalue weighted by Gasteiger charge is 2.39. The molecular weight excluding hydrogens is 418 g/mol. The maximum atomic E-state index is 13.5. The second-order valence-corrected chi connectivity index (χ2v) is 9.08. The van der Waals surface area contributed by atoms with Gasteiger partial charge in [-0.2, -0.15) is 10.2 Å². The van der Waals surface area contributed by atoms with Crippen LogP contribution in [0.15, 0.2) is 43.0 Å². The van der Waals surface area contributed by atoms with E-state index in [2.05, 4.69) is 34.3 Å². The molecule has 0 aromatic carbocycles. The lowest BCUT2D eigenvalue weighted by atomic mass is 9.98. The molecule has 0 bridgehead atoms. The zero-order valence-corrected chi connectivity index (χ0v) is 19.4. The average Bonchev–Trinajstić information content (AvgIpc) is 3.47. The molecule has 33 heavy (non-hydrogen) atoms. The molecule has 4 aromatic heterocycles. The first kappa shape index (κ1) is 20.9. The monoisotopic (exact) mass is 445 g/mol. The maximum absolute atomic E-state index is 13.5. The van der Waals surface area contributed by atoms with Crippen molar-refractivity contribution in [2.75, 3.05) is 5.32 Å². The second kappa shape index (κ2) is 7.58. The zero-order chi connectivity index (χ0) is 23.3. The summed E-state index contributed by atoms with van der Waals surface area (Å²) < 4.78 is 5.56. The van der Waals surface area contributed by atoms with Crippen LogP contribution in [-0.2, 0) is 27.2 Å². The van der Waals surface area contributed by atoms with Crippen LogP contribution in [0.25, 0.3) is 11.3 Å². The molecule has 5 heterocycles. The normalized spacial score (nSPS) is 15.1. The summed E-state index contributed by atoms with van der Waals surface area (Å²) in [5.74, 6) is 1.27. The van der Waals surface area contributed by atoms with Gasteiger partial charge in [0, 0.05) is 50.9 Å². The summed E-state index contributed by atoms with van der Waals surface area (Å²) in [6.45, 7) is 7.36. The first-order chi connectivity index (χ1) is 15.7. The molecule has 170 valence electrons. The topological polar surface area (TPSA) is 98.7 Å². The van der Waals surface area contributed by atoms with E-state index in [9.17, 15) is 4.79 Å². The molecule has 0 radical (unpaired) electrons. The highest BCUT2D eigenvalue weighted by molar-refractivity contribution is 5.95. The van der Waals surface area contributed by atoms with E-state index in [0.717, 1.165) is 28.3 Å². The standard InChI is InChI=1S/C23H27N9O/c1-15-11-24-22(27-19-7-9-26-30(19)5)28-20(15)16-10-18-21(33)32(13-17-6-8-25-29(17)4)23(2,3)14-31(18)12-16/h6-12H,13-14H2,1-5H3,(H,24,27,28). The minimum Gasteiger partial charge on any atom is -0.340 e. The molecule has 1 aliphatic rings. The van der Waals surface area contributed by atoms with Crippen molar-refractivity contribution < 1.29 is 4.79 Å². The summed E-state index contributed by atoms with van der Waals surface area (Å²) in [5.41, 5.74) is 3.93. The molecule has 0 atom stereocenters. The molecule has 4 aromatic rings. The molecule has 10 heteroatoms.